The molecule has 5 nitrogen and oxygen atoms in total. The van der Waals surface area contributed by atoms with Crippen molar-refractivity contribution in [1.82, 2.24) is 10.2 Å². The van der Waals surface area contributed by atoms with Crippen molar-refractivity contribution in [3.8, 4) is 5.75 Å². The molecule has 6 heteroatoms. The van der Waals surface area contributed by atoms with Crippen LogP contribution in [-0.2, 0) is 16.8 Å². The highest BCUT2D eigenvalue weighted by molar-refractivity contribution is 6.07. The fourth-order valence-corrected chi connectivity index (χ4v) is 3.33. The van der Waals surface area contributed by atoms with Gasteiger partial charge in [-0.05, 0) is 55.2 Å². The predicted octanol–water partition coefficient (Wildman–Crippen LogP) is 4.01. The average Bonchev–Trinajstić information content (AvgIpc) is 2.91. The third-order valence-electron chi connectivity index (χ3n) is 4.95. The number of amides is 3. The second-order valence-corrected chi connectivity index (χ2v) is 7.11. The second-order valence-electron chi connectivity index (χ2n) is 7.11. The van der Waals surface area contributed by atoms with E-state index >= 15 is 0 Å². The van der Waals surface area contributed by atoms with Gasteiger partial charge in [0.05, 0.1) is 6.61 Å². The van der Waals surface area contributed by atoms with Gasteiger partial charge in [0.1, 0.15) is 17.1 Å². The minimum absolute atomic E-state index is 0.259. The van der Waals surface area contributed by atoms with Crippen LogP contribution in [-0.4, -0.2) is 30.0 Å². The molecular formula is C22H25FN2O3. The van der Waals surface area contributed by atoms with Gasteiger partial charge in [-0.2, -0.15) is 0 Å². The monoisotopic (exact) mass is 384 g/mol. The lowest BCUT2D eigenvalue weighted by Crippen LogP contribution is -2.41. The van der Waals surface area contributed by atoms with Crippen LogP contribution >= 0.6 is 0 Å². The van der Waals surface area contributed by atoms with Crippen molar-refractivity contribution in [2.75, 3.05) is 13.2 Å². The first-order valence-electron chi connectivity index (χ1n) is 9.56. The summed E-state index contributed by atoms with van der Waals surface area (Å²) in [7, 11) is 0. The largest absolute Gasteiger partial charge is 0.494 e. The number of imide groups is 1. The molecule has 1 saturated heterocycles. The quantitative estimate of drug-likeness (QED) is 0.553. The van der Waals surface area contributed by atoms with Crippen molar-refractivity contribution >= 4 is 11.9 Å². The lowest BCUT2D eigenvalue weighted by molar-refractivity contribution is -0.131. The van der Waals surface area contributed by atoms with Crippen LogP contribution in [0.3, 0.4) is 0 Å². The number of hydrogen-bond donors (Lipinski definition) is 1. The van der Waals surface area contributed by atoms with Crippen LogP contribution in [0, 0.1) is 5.82 Å². The van der Waals surface area contributed by atoms with Gasteiger partial charge in [0, 0.05) is 6.54 Å². The maximum Gasteiger partial charge on any atom is 0.325 e. The molecule has 0 radical (unpaired) electrons. The number of halogens is 1. The third kappa shape index (κ3) is 4.16. The van der Waals surface area contributed by atoms with Gasteiger partial charge in [-0.1, -0.05) is 37.6 Å². The van der Waals surface area contributed by atoms with Gasteiger partial charge < -0.3 is 10.1 Å². The molecule has 2 aromatic rings. The number of carbonyl (C=O) groups excluding carboxylic acids is 2. The SMILES string of the molecule is CCCc1ccc(C2(C)NC(=O)N(CCCOc3ccc(F)cc3)C2=O)cc1. The highest BCUT2D eigenvalue weighted by atomic mass is 19.1. The molecule has 0 bridgehead atoms. The van der Waals surface area contributed by atoms with E-state index in [2.05, 4.69) is 12.2 Å². The number of nitrogens with one attached hydrogen (secondary N) is 1. The van der Waals surface area contributed by atoms with E-state index < -0.39 is 11.6 Å². The standard InChI is InChI=1S/C22H25FN2O3/c1-3-5-16-6-8-17(9-7-16)22(2)20(26)25(21(27)24-22)14-4-15-28-19-12-10-18(23)11-13-19/h6-13H,3-5,14-15H2,1-2H3,(H,24,27). The first-order chi connectivity index (χ1) is 13.4. The van der Waals surface area contributed by atoms with Crippen molar-refractivity contribution in [2.24, 2.45) is 0 Å². The highest BCUT2D eigenvalue weighted by Crippen LogP contribution is 2.29. The Morgan fingerprint density at radius 3 is 2.39 bits per heavy atom. The van der Waals surface area contributed by atoms with Crippen LogP contribution in [0.5, 0.6) is 5.75 Å². The van der Waals surface area contributed by atoms with Crippen LogP contribution in [0.4, 0.5) is 9.18 Å². The molecule has 1 atom stereocenters. The number of rotatable bonds is 8. The molecule has 0 saturated carbocycles. The van der Waals surface area contributed by atoms with E-state index in [4.69, 9.17) is 4.74 Å². The molecule has 1 aliphatic heterocycles. The molecule has 0 aliphatic carbocycles. The molecular weight excluding hydrogens is 359 g/mol. The zero-order valence-electron chi connectivity index (χ0n) is 16.2. The summed E-state index contributed by atoms with van der Waals surface area (Å²) in [4.78, 5) is 26.5. The van der Waals surface area contributed by atoms with E-state index in [0.717, 1.165) is 18.4 Å². The molecule has 1 unspecified atom stereocenters. The van der Waals surface area contributed by atoms with E-state index in [0.29, 0.717) is 18.8 Å². The predicted molar refractivity (Wildman–Crippen MR) is 105 cm³/mol. The molecule has 1 fully saturated rings. The van der Waals surface area contributed by atoms with Crippen LogP contribution < -0.4 is 10.1 Å². The lowest BCUT2D eigenvalue weighted by Gasteiger charge is -2.22. The Morgan fingerprint density at radius 2 is 1.75 bits per heavy atom. The topological polar surface area (TPSA) is 58.6 Å². The summed E-state index contributed by atoms with van der Waals surface area (Å²) in [5, 5.41) is 2.82. The van der Waals surface area contributed by atoms with Gasteiger partial charge in [0.2, 0.25) is 0 Å². The van der Waals surface area contributed by atoms with Crippen molar-refractivity contribution < 1.29 is 18.7 Å². The Balaban J connectivity index is 1.58. The van der Waals surface area contributed by atoms with E-state index in [1.165, 1.54) is 22.6 Å². The number of aryl methyl sites for hydroxylation is 1. The number of urea groups is 1. The van der Waals surface area contributed by atoms with Crippen molar-refractivity contribution in [1.29, 1.82) is 0 Å². The molecule has 3 amide bonds. The second kappa shape index (κ2) is 8.42. The normalized spacial score (nSPS) is 19.0. The average molecular weight is 384 g/mol. The van der Waals surface area contributed by atoms with Crippen molar-refractivity contribution in [3.63, 3.8) is 0 Å². The minimum Gasteiger partial charge on any atom is -0.494 e. The Hall–Kier alpha value is -2.89. The summed E-state index contributed by atoms with van der Waals surface area (Å²) >= 11 is 0. The summed E-state index contributed by atoms with van der Waals surface area (Å²) in [6, 6.07) is 13.2. The Kier molecular flexibility index (Phi) is 5.97. The van der Waals surface area contributed by atoms with Crippen LogP contribution in [0.2, 0.25) is 0 Å². The van der Waals surface area contributed by atoms with E-state index in [-0.39, 0.29) is 18.3 Å². The lowest BCUT2D eigenvalue weighted by atomic mass is 9.91. The van der Waals surface area contributed by atoms with Gasteiger partial charge in [-0.25, -0.2) is 9.18 Å². The molecule has 1 heterocycles. The number of ether oxygens (including phenoxy) is 1. The fraction of sp³-hybridized carbons (Fsp3) is 0.364. The van der Waals surface area contributed by atoms with E-state index in [1.807, 2.05) is 24.3 Å². The number of nitrogens with zero attached hydrogens (tertiary/aromatic N) is 1. The summed E-state index contributed by atoms with van der Waals surface area (Å²) in [6.45, 7) is 4.44. The number of carbonyl (C=O) groups is 2. The summed E-state index contributed by atoms with van der Waals surface area (Å²) in [5.41, 5.74) is 0.928. The fourth-order valence-electron chi connectivity index (χ4n) is 3.33. The molecule has 0 spiro atoms. The molecule has 148 valence electrons. The van der Waals surface area contributed by atoms with Crippen LogP contribution in [0.1, 0.15) is 37.8 Å². The maximum absolute atomic E-state index is 12.9. The van der Waals surface area contributed by atoms with Gasteiger partial charge >= 0.3 is 6.03 Å². The van der Waals surface area contributed by atoms with Gasteiger partial charge in [0.15, 0.2) is 0 Å². The molecule has 1 aliphatic rings. The maximum atomic E-state index is 12.9. The smallest absolute Gasteiger partial charge is 0.325 e. The van der Waals surface area contributed by atoms with Gasteiger partial charge in [-0.15, -0.1) is 0 Å². The number of benzene rings is 2. The molecule has 0 aromatic heterocycles. The van der Waals surface area contributed by atoms with Gasteiger partial charge in [0.25, 0.3) is 5.91 Å². The van der Waals surface area contributed by atoms with Gasteiger partial charge in [-0.3, -0.25) is 9.69 Å². The van der Waals surface area contributed by atoms with E-state index in [1.54, 1.807) is 19.1 Å². The summed E-state index contributed by atoms with van der Waals surface area (Å²) < 4.78 is 18.4. The first-order valence-corrected chi connectivity index (χ1v) is 9.56. The summed E-state index contributed by atoms with van der Waals surface area (Å²) in [5.74, 6) is -0.0353. The van der Waals surface area contributed by atoms with Crippen molar-refractivity contribution in [3.05, 3.63) is 65.5 Å². The zero-order valence-corrected chi connectivity index (χ0v) is 16.2. The Morgan fingerprint density at radius 1 is 1.07 bits per heavy atom. The van der Waals surface area contributed by atoms with E-state index in [9.17, 15) is 14.0 Å². The highest BCUT2D eigenvalue weighted by Gasteiger charge is 2.48. The minimum atomic E-state index is -1.06. The number of hydrogen-bond acceptors (Lipinski definition) is 3. The third-order valence-corrected chi connectivity index (χ3v) is 4.95. The van der Waals surface area contributed by atoms with Crippen molar-refractivity contribution in [2.45, 2.75) is 38.6 Å². The Bertz CT molecular complexity index is 836. The molecule has 3 rings (SSSR count). The first kappa shape index (κ1) is 19.9. The molecule has 1 N–H and O–H groups in total. The van der Waals surface area contributed by atoms with Crippen LogP contribution in [0.25, 0.3) is 0 Å². The molecule has 2 aromatic carbocycles. The Labute approximate surface area is 164 Å². The molecule has 28 heavy (non-hydrogen) atoms. The zero-order chi connectivity index (χ0) is 20.1. The van der Waals surface area contributed by atoms with Crippen LogP contribution in [0.15, 0.2) is 48.5 Å². The summed E-state index contributed by atoms with van der Waals surface area (Å²) in [6.07, 6.45) is 2.53.